The van der Waals surface area contributed by atoms with Gasteiger partial charge in [-0.2, -0.15) is 0 Å². The Morgan fingerprint density at radius 1 is 0.973 bits per heavy atom. The minimum Gasteiger partial charge on any atom is -0.361 e. The first-order chi connectivity index (χ1) is 18.1. The first-order valence-corrected chi connectivity index (χ1v) is 14.0. The van der Waals surface area contributed by atoms with Crippen LogP contribution in [0, 0.1) is 12.8 Å². The van der Waals surface area contributed by atoms with Crippen molar-refractivity contribution in [3.8, 4) is 0 Å². The Balaban J connectivity index is 1.39. The summed E-state index contributed by atoms with van der Waals surface area (Å²) in [5, 5.41) is 2.16. The average Bonchev–Trinajstić information content (AvgIpc) is 3.29. The molecule has 0 amide bonds. The molecule has 4 aromatic rings. The predicted octanol–water partition coefficient (Wildman–Crippen LogP) is 8.26. The third-order valence-electron chi connectivity index (χ3n) is 8.27. The van der Waals surface area contributed by atoms with Crippen LogP contribution in [0.1, 0.15) is 52.6 Å². The van der Waals surface area contributed by atoms with E-state index in [4.69, 9.17) is 11.6 Å². The number of aryl methyl sites for hydroxylation is 1. The molecule has 0 unspecified atom stereocenters. The molecular weight excluding hydrogens is 479 g/mol. The Hall–Kier alpha value is -2.88. The highest BCUT2D eigenvalue weighted by Gasteiger charge is 2.27. The van der Waals surface area contributed by atoms with E-state index in [-0.39, 0.29) is 6.67 Å². The zero-order valence-electron chi connectivity index (χ0n) is 21.5. The monoisotopic (exact) mass is 512 g/mol. The van der Waals surface area contributed by atoms with Gasteiger partial charge in [0.1, 0.15) is 0 Å². The molecule has 1 aliphatic heterocycles. The SMILES string of the molecule is Cc1c(Cl)cccc1C1=C(c2ccc(CC3CN(CCCF)C3)cc2)c2ccc3[nH]ccc3c2CCC1. The van der Waals surface area contributed by atoms with Gasteiger partial charge >= 0.3 is 0 Å². The number of H-pyrrole nitrogens is 1. The number of nitrogens with one attached hydrogen (secondary N) is 1. The molecule has 1 aliphatic carbocycles. The van der Waals surface area contributed by atoms with Gasteiger partial charge in [0.2, 0.25) is 0 Å². The molecule has 0 radical (unpaired) electrons. The summed E-state index contributed by atoms with van der Waals surface area (Å²) in [4.78, 5) is 5.77. The zero-order valence-corrected chi connectivity index (χ0v) is 22.3. The van der Waals surface area contributed by atoms with Gasteiger partial charge in [-0.05, 0) is 108 Å². The van der Waals surface area contributed by atoms with Crippen molar-refractivity contribution in [2.45, 2.75) is 39.0 Å². The highest BCUT2D eigenvalue weighted by atomic mass is 35.5. The van der Waals surface area contributed by atoms with E-state index < -0.39 is 0 Å². The highest BCUT2D eigenvalue weighted by molar-refractivity contribution is 6.31. The average molecular weight is 513 g/mol. The third-order valence-corrected chi connectivity index (χ3v) is 8.68. The molecule has 4 heteroatoms. The van der Waals surface area contributed by atoms with E-state index in [9.17, 15) is 4.39 Å². The van der Waals surface area contributed by atoms with Crippen LogP contribution in [0.2, 0.25) is 5.02 Å². The lowest BCUT2D eigenvalue weighted by molar-refractivity contribution is 0.0968. The summed E-state index contributed by atoms with van der Waals surface area (Å²) in [7, 11) is 0. The van der Waals surface area contributed by atoms with Crippen molar-refractivity contribution in [2.75, 3.05) is 26.3 Å². The number of allylic oxidation sites excluding steroid dienone is 1. The molecule has 190 valence electrons. The number of fused-ring (bicyclic) bond motifs is 3. The Kier molecular flexibility index (Phi) is 6.92. The molecule has 2 aliphatic rings. The second kappa shape index (κ2) is 10.5. The number of aromatic amines is 1. The van der Waals surface area contributed by atoms with Gasteiger partial charge in [-0.15, -0.1) is 0 Å². The summed E-state index contributed by atoms with van der Waals surface area (Å²) in [5.74, 6) is 0.676. The van der Waals surface area contributed by atoms with E-state index in [1.807, 2.05) is 6.07 Å². The summed E-state index contributed by atoms with van der Waals surface area (Å²) in [6.45, 7) is 4.99. The summed E-state index contributed by atoms with van der Waals surface area (Å²) in [6, 6.07) is 22.3. The molecule has 0 atom stereocenters. The number of hydrogen-bond donors (Lipinski definition) is 1. The number of alkyl halides is 1. The van der Waals surface area contributed by atoms with Crippen LogP contribution in [0.15, 0.2) is 66.9 Å². The Labute approximate surface area is 224 Å². The lowest BCUT2D eigenvalue weighted by Gasteiger charge is -2.39. The first-order valence-electron chi connectivity index (χ1n) is 13.6. The normalized spacial score (nSPS) is 16.6. The maximum Gasteiger partial charge on any atom is 0.0906 e. The molecule has 0 saturated carbocycles. The smallest absolute Gasteiger partial charge is 0.0906 e. The molecule has 6 rings (SSSR count). The summed E-state index contributed by atoms with van der Waals surface area (Å²) in [6.07, 6.45) is 7.00. The summed E-state index contributed by atoms with van der Waals surface area (Å²) < 4.78 is 12.5. The van der Waals surface area contributed by atoms with Gasteiger partial charge in [0.15, 0.2) is 0 Å². The van der Waals surface area contributed by atoms with Crippen LogP contribution in [-0.4, -0.2) is 36.2 Å². The molecule has 2 nitrogen and oxygen atoms in total. The molecule has 0 bridgehead atoms. The van der Waals surface area contributed by atoms with Crippen molar-refractivity contribution in [1.29, 1.82) is 0 Å². The molecule has 1 aromatic heterocycles. The molecule has 0 spiro atoms. The fraction of sp³-hybridized carbons (Fsp3) is 0.333. The van der Waals surface area contributed by atoms with Crippen LogP contribution in [-0.2, 0) is 12.8 Å². The van der Waals surface area contributed by atoms with Gasteiger partial charge in [0.05, 0.1) is 6.67 Å². The van der Waals surface area contributed by atoms with Crippen molar-refractivity contribution in [3.63, 3.8) is 0 Å². The van der Waals surface area contributed by atoms with Crippen molar-refractivity contribution >= 4 is 33.7 Å². The third kappa shape index (κ3) is 4.76. The van der Waals surface area contributed by atoms with E-state index in [0.29, 0.717) is 12.3 Å². The molecule has 1 N–H and O–H groups in total. The highest BCUT2D eigenvalue weighted by Crippen LogP contribution is 2.43. The van der Waals surface area contributed by atoms with Gasteiger partial charge in [0.25, 0.3) is 0 Å². The fourth-order valence-electron chi connectivity index (χ4n) is 6.37. The second-order valence-electron chi connectivity index (χ2n) is 10.7. The molecule has 3 aromatic carbocycles. The molecular formula is C33H34ClFN2. The Bertz CT molecular complexity index is 1440. The number of aromatic nitrogens is 1. The van der Waals surface area contributed by atoms with E-state index in [2.05, 4.69) is 77.6 Å². The Morgan fingerprint density at radius 3 is 2.62 bits per heavy atom. The summed E-state index contributed by atoms with van der Waals surface area (Å²) in [5.41, 5.74) is 11.8. The largest absolute Gasteiger partial charge is 0.361 e. The molecule has 1 saturated heterocycles. The molecule has 2 heterocycles. The molecule has 37 heavy (non-hydrogen) atoms. The van der Waals surface area contributed by atoms with Gasteiger partial charge in [-0.1, -0.05) is 54.1 Å². The number of likely N-dealkylation sites (tertiary alicyclic amines) is 1. The number of rotatable bonds is 7. The zero-order chi connectivity index (χ0) is 25.4. The van der Waals surface area contributed by atoms with Crippen molar-refractivity contribution in [2.24, 2.45) is 5.92 Å². The first kappa shape index (κ1) is 24.5. The predicted molar refractivity (Wildman–Crippen MR) is 154 cm³/mol. The van der Waals surface area contributed by atoms with Crippen LogP contribution >= 0.6 is 11.6 Å². The minimum absolute atomic E-state index is 0.214. The number of nitrogens with zero attached hydrogens (tertiary/aromatic N) is 1. The van der Waals surface area contributed by atoms with Crippen molar-refractivity contribution < 1.29 is 4.39 Å². The van der Waals surface area contributed by atoms with Crippen LogP contribution in [0.4, 0.5) is 4.39 Å². The minimum atomic E-state index is -0.214. The topological polar surface area (TPSA) is 19.0 Å². The standard InChI is InChI=1S/C33H34ClFN2/c1-22-26(5-3-8-31(22)34)29-7-2-6-27-28-15-17-36-32(28)14-13-30(27)33(29)25-11-9-23(10-12-25)19-24-20-37(21-24)18-4-16-35/h3,5,8-15,17,24,36H,2,4,6-7,16,18-21H2,1H3. The van der Waals surface area contributed by atoms with Crippen LogP contribution in [0.3, 0.4) is 0 Å². The van der Waals surface area contributed by atoms with Gasteiger partial charge in [-0.25, -0.2) is 0 Å². The van der Waals surface area contributed by atoms with Gasteiger partial charge in [0, 0.05) is 41.8 Å². The van der Waals surface area contributed by atoms with Crippen LogP contribution in [0.5, 0.6) is 0 Å². The second-order valence-corrected chi connectivity index (χ2v) is 11.1. The van der Waals surface area contributed by atoms with Crippen LogP contribution in [0.25, 0.3) is 22.0 Å². The maximum absolute atomic E-state index is 12.5. The van der Waals surface area contributed by atoms with Crippen molar-refractivity contribution in [3.05, 3.63) is 105 Å². The lowest BCUT2D eigenvalue weighted by atomic mass is 9.85. The number of halogens is 2. The quantitative estimate of drug-likeness (QED) is 0.264. The summed E-state index contributed by atoms with van der Waals surface area (Å²) >= 11 is 6.61. The van der Waals surface area contributed by atoms with Gasteiger partial charge < -0.3 is 9.88 Å². The lowest BCUT2D eigenvalue weighted by Crippen LogP contribution is -2.47. The molecule has 1 fully saturated rings. The van der Waals surface area contributed by atoms with E-state index in [1.54, 1.807) is 0 Å². The maximum atomic E-state index is 12.5. The van der Waals surface area contributed by atoms with Gasteiger partial charge in [-0.3, -0.25) is 4.39 Å². The fourth-order valence-corrected chi connectivity index (χ4v) is 6.55. The van der Waals surface area contributed by atoms with Crippen molar-refractivity contribution in [1.82, 2.24) is 9.88 Å². The Morgan fingerprint density at radius 2 is 1.81 bits per heavy atom. The number of hydrogen-bond acceptors (Lipinski definition) is 1. The number of benzene rings is 3. The van der Waals surface area contributed by atoms with Crippen LogP contribution < -0.4 is 0 Å². The van der Waals surface area contributed by atoms with E-state index in [0.717, 1.165) is 55.9 Å². The van der Waals surface area contributed by atoms with E-state index in [1.165, 1.54) is 49.9 Å². The van der Waals surface area contributed by atoms with E-state index >= 15 is 0 Å².